The van der Waals surface area contributed by atoms with Crippen LogP contribution in [0.5, 0.6) is 23.0 Å². The summed E-state index contributed by atoms with van der Waals surface area (Å²) in [7, 11) is 0. The van der Waals surface area contributed by atoms with Crippen LogP contribution >= 0.6 is 0 Å². The third-order valence-electron chi connectivity index (χ3n) is 27.3. The molecule has 0 N–H and O–H groups in total. The molecule has 4 fully saturated rings. The van der Waals surface area contributed by atoms with Gasteiger partial charge >= 0.3 is 0 Å². The van der Waals surface area contributed by atoms with Gasteiger partial charge in [0.25, 0.3) is 23.6 Å². The first-order valence-corrected chi connectivity index (χ1v) is 42.7. The van der Waals surface area contributed by atoms with E-state index < -0.39 is 0 Å². The Labute approximate surface area is 657 Å². The minimum Gasteiger partial charge on any atom is -0.457 e. The number of imide groups is 2. The highest BCUT2D eigenvalue weighted by atomic mass is 16.5. The van der Waals surface area contributed by atoms with Crippen molar-refractivity contribution in [3.63, 3.8) is 0 Å². The molecule has 0 saturated heterocycles. The second kappa shape index (κ2) is 30.1. The lowest BCUT2D eigenvalue weighted by Gasteiger charge is -2.34. The first-order chi connectivity index (χ1) is 55.2. The van der Waals surface area contributed by atoms with E-state index in [0.717, 1.165) is 172 Å². The monoisotopic (exact) mass is 1470 g/mol. The van der Waals surface area contributed by atoms with Gasteiger partial charge in [0.2, 0.25) is 0 Å². The van der Waals surface area contributed by atoms with Crippen molar-refractivity contribution in [3.8, 4) is 23.0 Å². The van der Waals surface area contributed by atoms with E-state index in [1.54, 1.807) is 9.80 Å². The number of para-hydroxylation sites is 4. The lowest BCUT2D eigenvalue weighted by atomic mass is 9.77. The summed E-state index contributed by atoms with van der Waals surface area (Å²) in [6.07, 6.45) is 33.2. The summed E-state index contributed by atoms with van der Waals surface area (Å²) in [6, 6.07) is 71.5. The number of nitrogens with zero attached hydrogens (tertiary/aromatic N) is 2. The zero-order valence-electron chi connectivity index (χ0n) is 64.5. The van der Waals surface area contributed by atoms with Gasteiger partial charge in [0.05, 0.1) is 22.5 Å². The van der Waals surface area contributed by atoms with Crippen LogP contribution in [-0.4, -0.2) is 23.6 Å². The maximum Gasteiger partial charge on any atom is 0.266 e. The minimum atomic E-state index is -0.327. The molecule has 0 spiro atoms. The summed E-state index contributed by atoms with van der Waals surface area (Å²) in [5.41, 5.74) is 11.9. The van der Waals surface area contributed by atoms with Crippen molar-refractivity contribution in [2.75, 3.05) is 9.80 Å². The number of benzene rings is 14. The molecule has 0 bridgehead atoms. The molecule has 0 aromatic heterocycles. The van der Waals surface area contributed by atoms with Gasteiger partial charge in [-0.3, -0.25) is 19.2 Å². The molecule has 0 atom stereocenters. The van der Waals surface area contributed by atoms with E-state index >= 15 is 19.2 Å². The molecule has 0 unspecified atom stereocenters. The van der Waals surface area contributed by atoms with E-state index in [1.165, 1.54) is 128 Å². The predicted molar refractivity (Wildman–Crippen MR) is 458 cm³/mol. The first kappa shape index (κ1) is 70.4. The summed E-state index contributed by atoms with van der Waals surface area (Å²) in [5.74, 6) is 3.51. The van der Waals surface area contributed by atoms with E-state index in [-0.39, 0.29) is 23.6 Å². The third kappa shape index (κ3) is 12.7. The molecule has 560 valence electrons. The zero-order valence-corrected chi connectivity index (χ0v) is 64.5. The van der Waals surface area contributed by atoms with Gasteiger partial charge in [-0.25, -0.2) is 9.80 Å². The zero-order chi connectivity index (χ0) is 74.9. The van der Waals surface area contributed by atoms with Gasteiger partial charge < -0.3 is 9.47 Å². The van der Waals surface area contributed by atoms with Crippen molar-refractivity contribution in [2.45, 2.75) is 193 Å². The highest BCUT2D eigenvalue weighted by molar-refractivity contribution is 6.49. The van der Waals surface area contributed by atoms with Crippen LogP contribution in [0.15, 0.2) is 206 Å². The van der Waals surface area contributed by atoms with Crippen LogP contribution in [-0.2, 0) is 38.5 Å². The van der Waals surface area contributed by atoms with Crippen LogP contribution in [0, 0.1) is 23.7 Å². The van der Waals surface area contributed by atoms with E-state index in [9.17, 15) is 0 Å². The van der Waals surface area contributed by atoms with Crippen LogP contribution in [0.1, 0.15) is 240 Å². The molecule has 8 nitrogen and oxygen atoms in total. The average molecular weight is 1470 g/mol. The lowest BCUT2D eigenvalue weighted by Crippen LogP contribution is -2.42. The Bertz CT molecular complexity index is 5250. The molecule has 0 radical (unpaired) electrons. The van der Waals surface area contributed by atoms with Crippen molar-refractivity contribution in [3.05, 3.63) is 273 Å². The fourth-order valence-electron chi connectivity index (χ4n) is 21.9. The highest BCUT2D eigenvalue weighted by Gasteiger charge is 2.43. The number of ether oxygens (including phenoxy) is 2. The fraction of sp³-hybridized carbons (Fsp3) is 0.327. The van der Waals surface area contributed by atoms with Gasteiger partial charge in [-0.15, -0.1) is 0 Å². The second-order valence-corrected chi connectivity index (χ2v) is 34.1. The first-order valence-electron chi connectivity index (χ1n) is 42.7. The van der Waals surface area contributed by atoms with E-state index in [4.69, 9.17) is 9.47 Å². The van der Waals surface area contributed by atoms with Crippen LogP contribution in [0.25, 0.3) is 75.4 Å². The van der Waals surface area contributed by atoms with Gasteiger partial charge in [0, 0.05) is 43.4 Å². The molecule has 14 aromatic carbocycles. The number of anilines is 2. The molecule has 6 aliphatic rings. The molecule has 112 heavy (non-hydrogen) atoms. The Morgan fingerprint density at radius 3 is 0.857 bits per heavy atom. The number of fused-ring (bicyclic) bond motifs is 4. The van der Waals surface area contributed by atoms with Crippen molar-refractivity contribution >= 4 is 110 Å². The molecule has 2 aliphatic heterocycles. The predicted octanol–water partition coefficient (Wildman–Crippen LogP) is 27.1. The number of carbonyl (C=O) groups excluding carboxylic acids is 4. The summed E-state index contributed by atoms with van der Waals surface area (Å²) in [5, 5.41) is 12.3. The lowest BCUT2D eigenvalue weighted by molar-refractivity contribution is 0.0877. The third-order valence-corrected chi connectivity index (χ3v) is 27.3. The molecular weight excluding hydrogens is 1370 g/mol. The smallest absolute Gasteiger partial charge is 0.266 e. The number of aryl methyl sites for hydroxylation is 4. The topological polar surface area (TPSA) is 93.2 Å². The maximum absolute atomic E-state index is 16.8. The molecule has 8 heteroatoms. The number of hydrogen-bond acceptors (Lipinski definition) is 6. The summed E-state index contributed by atoms with van der Waals surface area (Å²) in [4.78, 5) is 70.2. The normalized spacial score (nSPS) is 17.0. The van der Waals surface area contributed by atoms with E-state index in [0.29, 0.717) is 92.5 Å². The Balaban J connectivity index is 0.844. The molecule has 20 rings (SSSR count). The number of amides is 4. The molecule has 4 saturated carbocycles. The maximum atomic E-state index is 16.8. The largest absolute Gasteiger partial charge is 0.457 e. The quantitative estimate of drug-likeness (QED) is 0.0381. The van der Waals surface area contributed by atoms with Crippen LogP contribution in [0.3, 0.4) is 0 Å². The molecule has 4 amide bonds. The molecule has 2 heterocycles. The standard InChI is InChI=1S/C104H98N2O6/c107-101-83-61-75(59-69-35-17-5-18-36-69)89-79-55-58-82-92-80(56-57-81(91(79)92)95-87(111-77-43-21-7-22-44-77)63-85(93(83)97(89)95)103(109)105(101)99-71(51-47-65-27-9-1-10-28-65)39-25-40-72(99)52-48-66-29-11-2-12-30-66)90-76(60-70-37-19-6-20-38-70)62-84-94-86(64-88(96(82)98(90)94)112-78-45-23-8-24-46-78)104(110)106(102(84)108)100-73(53-49-67-31-13-3-14-32-67)41-26-42-74(100)54-50-68-33-15-4-16-34-68/h5-8,17-26,35-46,55-58,61-68H,1-4,9-16,27-34,47-54,59-60H2. The summed E-state index contributed by atoms with van der Waals surface area (Å²) in [6.45, 7) is 0. The molecule has 4 aliphatic carbocycles. The molecule has 14 aromatic rings. The van der Waals surface area contributed by atoms with Crippen LogP contribution in [0.2, 0.25) is 0 Å². The SMILES string of the molecule is O=C1c2cc(Cc3ccccc3)c3c4ccc5c6c(Oc7ccccc7)cc7c8c(cc(Cc9ccccc9)c(c9ccc(c%10c(Oc%11ccccc%11)cc(c2c3%10)C(=O)N1c1c(CCC2CCCCC2)cccc1CCC1CCCCC1)c4c95)c86)C(=O)N(c1c(CCC2CCCCC2)cccc1CCC1CCCCC1)C7=O. The van der Waals surface area contributed by atoms with E-state index in [2.05, 4.69) is 133 Å². The van der Waals surface area contributed by atoms with Gasteiger partial charge in [0.15, 0.2) is 0 Å². The Morgan fingerprint density at radius 1 is 0.259 bits per heavy atom. The number of rotatable bonds is 22. The van der Waals surface area contributed by atoms with Gasteiger partial charge in [-0.05, 0) is 224 Å². The van der Waals surface area contributed by atoms with Gasteiger partial charge in [-0.1, -0.05) is 286 Å². The summed E-state index contributed by atoms with van der Waals surface area (Å²) >= 11 is 0. The molecular formula is C104H98N2O6. The minimum absolute atomic E-state index is 0.288. The van der Waals surface area contributed by atoms with Crippen LogP contribution in [0.4, 0.5) is 11.4 Å². The summed E-state index contributed by atoms with van der Waals surface area (Å²) < 4.78 is 14.8. The Kier molecular flexibility index (Phi) is 18.9. The van der Waals surface area contributed by atoms with Crippen molar-refractivity contribution in [1.82, 2.24) is 0 Å². The number of carbonyl (C=O) groups is 4. The van der Waals surface area contributed by atoms with E-state index in [1.807, 2.05) is 72.8 Å². The van der Waals surface area contributed by atoms with Gasteiger partial charge in [-0.2, -0.15) is 0 Å². The Morgan fingerprint density at radius 2 is 0.545 bits per heavy atom. The van der Waals surface area contributed by atoms with Gasteiger partial charge in [0.1, 0.15) is 23.0 Å². The fourth-order valence-corrected chi connectivity index (χ4v) is 21.9. The van der Waals surface area contributed by atoms with Crippen molar-refractivity contribution < 1.29 is 28.7 Å². The van der Waals surface area contributed by atoms with Crippen LogP contribution < -0.4 is 19.3 Å². The average Bonchev–Trinajstić information content (AvgIpc) is 0.669. The van der Waals surface area contributed by atoms with Crippen molar-refractivity contribution in [1.29, 1.82) is 0 Å². The highest BCUT2D eigenvalue weighted by Crippen LogP contribution is 2.57. The van der Waals surface area contributed by atoms with Crippen molar-refractivity contribution in [2.24, 2.45) is 23.7 Å². The second-order valence-electron chi connectivity index (χ2n) is 34.1. The number of hydrogen-bond donors (Lipinski definition) is 0. The Hall–Kier alpha value is -10.7.